The van der Waals surface area contributed by atoms with E-state index in [-0.39, 0.29) is 71.3 Å². The van der Waals surface area contributed by atoms with Crippen molar-refractivity contribution in [2.75, 3.05) is 55.6 Å². The number of carbonyl (C=O) groups excluding carboxylic acids is 2. The average molecular weight is 657 g/mol. The third-order valence-corrected chi connectivity index (χ3v) is 12.9. The van der Waals surface area contributed by atoms with Crippen LogP contribution in [0.2, 0.25) is 0 Å². The molecular formula is C38H44N2O8. The van der Waals surface area contributed by atoms with Gasteiger partial charge in [-0.25, -0.2) is 0 Å². The zero-order valence-corrected chi connectivity index (χ0v) is 28.5. The van der Waals surface area contributed by atoms with Crippen LogP contribution in [0.25, 0.3) is 11.1 Å². The third-order valence-electron chi connectivity index (χ3n) is 12.9. The van der Waals surface area contributed by atoms with Crippen molar-refractivity contribution in [1.29, 1.82) is 0 Å². The molecular weight excluding hydrogens is 612 g/mol. The number of aromatic hydroxyl groups is 2. The Morgan fingerprint density at radius 1 is 0.667 bits per heavy atom. The molecule has 6 atom stereocenters. The number of nitrogens with zero attached hydrogens (tertiary/aromatic N) is 2. The number of rotatable bonds is 5. The van der Waals surface area contributed by atoms with E-state index >= 15 is 0 Å². The quantitative estimate of drug-likeness (QED) is 0.489. The van der Waals surface area contributed by atoms with Gasteiger partial charge in [0.05, 0.1) is 28.4 Å². The number of likely N-dealkylation sites (N-methyl/N-ethyl adjacent to an activating group) is 2. The lowest BCUT2D eigenvalue weighted by Gasteiger charge is -2.57. The summed E-state index contributed by atoms with van der Waals surface area (Å²) in [6, 6.07) is 4.36. The predicted molar refractivity (Wildman–Crippen MR) is 178 cm³/mol. The molecule has 2 aromatic rings. The Labute approximate surface area is 280 Å². The summed E-state index contributed by atoms with van der Waals surface area (Å²) in [5, 5.41) is 24.4. The van der Waals surface area contributed by atoms with E-state index in [9.17, 15) is 19.8 Å². The second-order valence-corrected chi connectivity index (χ2v) is 14.7. The molecule has 10 nitrogen and oxygen atoms in total. The van der Waals surface area contributed by atoms with Gasteiger partial charge in [0.1, 0.15) is 0 Å². The standard InChI is InChI=1S/C38H44N2O8/c1-39-9-7-37-17-27(41)29(45-3)15-23(37)25(39)13-19-11-21(35(47-5)33(43)31(19)37)22-12-20-14-26-24-16-30(46-4)28(42)18-38(24,8-10-40(26)2)32(20)34(44)36(22)48-6/h11-12,15-16,23-26,43-44H,7-10,13-14,17-18H2,1-6H3/t23-,24-,25+,26+,37-,38-/m0/s1. The van der Waals surface area contributed by atoms with Gasteiger partial charge in [-0.05, 0) is 88.3 Å². The highest BCUT2D eigenvalue weighted by molar-refractivity contribution is 5.97. The first-order valence-corrected chi connectivity index (χ1v) is 16.9. The fourth-order valence-corrected chi connectivity index (χ4v) is 10.7. The van der Waals surface area contributed by atoms with Crippen molar-refractivity contribution in [2.24, 2.45) is 11.8 Å². The van der Waals surface area contributed by atoms with Gasteiger partial charge in [0.15, 0.2) is 46.1 Å². The van der Waals surface area contributed by atoms with E-state index < -0.39 is 10.8 Å². The SMILES string of the molecule is COC1=C[C@H]2[C@H]3Cc4cc(-c5cc6c(c(O)c5OC)[C@]57CCN(C)[C@H](C6)[C@@H]5C=C(OC)C(=O)C7)c(OC)c(O)c4[C@@]2(CCN3C)CC1=O. The highest BCUT2D eigenvalue weighted by Crippen LogP contribution is 2.62. The van der Waals surface area contributed by atoms with E-state index in [0.717, 1.165) is 35.3 Å². The largest absolute Gasteiger partial charge is 0.504 e. The minimum Gasteiger partial charge on any atom is -0.504 e. The van der Waals surface area contributed by atoms with Gasteiger partial charge in [-0.3, -0.25) is 9.59 Å². The van der Waals surface area contributed by atoms with E-state index in [1.807, 2.05) is 12.2 Å². The van der Waals surface area contributed by atoms with Crippen molar-refractivity contribution in [3.63, 3.8) is 0 Å². The molecule has 4 aliphatic carbocycles. The van der Waals surface area contributed by atoms with E-state index in [0.29, 0.717) is 48.3 Å². The number of hydrogen-bond acceptors (Lipinski definition) is 10. The molecule has 8 rings (SSSR count). The van der Waals surface area contributed by atoms with Crippen molar-refractivity contribution in [3.8, 4) is 34.1 Å². The zero-order chi connectivity index (χ0) is 33.9. The number of piperidine rings is 2. The molecule has 2 saturated heterocycles. The minimum absolute atomic E-state index is 0.00494. The summed E-state index contributed by atoms with van der Waals surface area (Å²) >= 11 is 0. The fourth-order valence-electron chi connectivity index (χ4n) is 10.7. The summed E-state index contributed by atoms with van der Waals surface area (Å²) < 4.78 is 23.0. The first kappa shape index (κ1) is 31.3. The number of benzene rings is 2. The number of phenolic OH excluding ortho intramolecular Hbond substituents is 2. The molecule has 254 valence electrons. The second-order valence-electron chi connectivity index (χ2n) is 14.7. The van der Waals surface area contributed by atoms with Crippen LogP contribution in [0.1, 0.15) is 47.9 Å². The number of ether oxygens (including phenoxy) is 4. The first-order valence-electron chi connectivity index (χ1n) is 16.9. The van der Waals surface area contributed by atoms with E-state index in [4.69, 9.17) is 18.9 Å². The van der Waals surface area contributed by atoms with Crippen LogP contribution in [-0.2, 0) is 42.7 Å². The van der Waals surface area contributed by atoms with Crippen LogP contribution < -0.4 is 9.47 Å². The Morgan fingerprint density at radius 2 is 1.06 bits per heavy atom. The molecule has 4 bridgehead atoms. The number of phenols is 2. The van der Waals surface area contributed by atoms with Crippen LogP contribution >= 0.6 is 0 Å². The van der Waals surface area contributed by atoms with Crippen LogP contribution in [-0.4, -0.2) is 99.3 Å². The van der Waals surface area contributed by atoms with Crippen LogP contribution in [0.3, 0.4) is 0 Å². The predicted octanol–water partition coefficient (Wildman–Crippen LogP) is 4.02. The van der Waals surface area contributed by atoms with Gasteiger partial charge in [-0.15, -0.1) is 0 Å². The summed E-state index contributed by atoms with van der Waals surface area (Å²) in [5.74, 6) is 1.29. The van der Waals surface area contributed by atoms with E-state index in [2.05, 4.69) is 36.0 Å². The maximum absolute atomic E-state index is 13.3. The summed E-state index contributed by atoms with van der Waals surface area (Å²) in [6.07, 6.45) is 7.21. The third kappa shape index (κ3) is 3.93. The molecule has 2 heterocycles. The van der Waals surface area contributed by atoms with Crippen molar-refractivity contribution in [1.82, 2.24) is 9.80 Å². The molecule has 0 amide bonds. The lowest BCUT2D eigenvalue weighted by atomic mass is 9.53. The molecule has 2 aliphatic heterocycles. The number of fused-ring (bicyclic) bond motifs is 2. The summed E-state index contributed by atoms with van der Waals surface area (Å²) in [5.41, 5.74) is 3.55. The maximum atomic E-state index is 13.3. The van der Waals surface area contributed by atoms with Crippen molar-refractivity contribution >= 4 is 11.6 Å². The number of allylic oxidation sites excluding steroid dienone is 2. The number of hydrogen-bond donors (Lipinski definition) is 2. The van der Waals surface area contributed by atoms with Crippen molar-refractivity contribution in [3.05, 3.63) is 58.1 Å². The summed E-state index contributed by atoms with van der Waals surface area (Å²) in [6.45, 7) is 1.62. The number of Topliss-reactive ketones (excluding diaryl/α,β-unsaturated/α-hetero) is 2. The topological polar surface area (TPSA) is 118 Å². The Morgan fingerprint density at radius 3 is 1.42 bits per heavy atom. The zero-order valence-electron chi connectivity index (χ0n) is 28.5. The maximum Gasteiger partial charge on any atom is 0.197 e. The van der Waals surface area contributed by atoms with Crippen LogP contribution in [0.15, 0.2) is 35.8 Å². The molecule has 48 heavy (non-hydrogen) atoms. The molecule has 0 aromatic heterocycles. The molecule has 0 unspecified atom stereocenters. The van der Waals surface area contributed by atoms with E-state index in [1.165, 1.54) is 28.4 Å². The Kier molecular flexibility index (Phi) is 6.99. The van der Waals surface area contributed by atoms with Crippen LogP contribution in [0.5, 0.6) is 23.0 Å². The fraction of sp³-hybridized carbons (Fsp3) is 0.526. The summed E-state index contributed by atoms with van der Waals surface area (Å²) in [7, 11) is 10.4. The number of ketones is 2. The molecule has 2 N–H and O–H groups in total. The molecule has 0 radical (unpaired) electrons. The number of likely N-dealkylation sites (tertiary alicyclic amines) is 2. The highest BCUT2D eigenvalue weighted by atomic mass is 16.5. The molecule has 10 heteroatoms. The first-order chi connectivity index (χ1) is 23.0. The lowest BCUT2D eigenvalue weighted by Crippen LogP contribution is -2.60. The van der Waals surface area contributed by atoms with E-state index in [1.54, 1.807) is 0 Å². The van der Waals surface area contributed by atoms with Gasteiger partial charge in [-0.1, -0.05) is 0 Å². The average Bonchev–Trinajstić information content (AvgIpc) is 3.06. The van der Waals surface area contributed by atoms with Crippen molar-refractivity contribution in [2.45, 2.75) is 61.4 Å². The van der Waals surface area contributed by atoms with Crippen LogP contribution in [0, 0.1) is 11.8 Å². The molecule has 0 saturated carbocycles. The second kappa shape index (κ2) is 10.7. The van der Waals surface area contributed by atoms with Gasteiger partial charge < -0.3 is 39.0 Å². The van der Waals surface area contributed by atoms with Crippen LogP contribution in [0.4, 0.5) is 0 Å². The Balaban J connectivity index is 1.34. The Bertz CT molecular complexity index is 1700. The van der Waals surface area contributed by atoms with Gasteiger partial charge in [-0.2, -0.15) is 0 Å². The summed E-state index contributed by atoms with van der Waals surface area (Å²) in [4.78, 5) is 31.4. The lowest BCUT2D eigenvalue weighted by molar-refractivity contribution is -0.123. The van der Waals surface area contributed by atoms with Crippen molar-refractivity contribution < 1.29 is 38.7 Å². The molecule has 6 aliphatic rings. The molecule has 2 fully saturated rings. The van der Waals surface area contributed by atoms with Gasteiger partial charge in [0, 0.05) is 69.8 Å². The Hall–Kier alpha value is -4.02. The normalized spacial score (nSPS) is 32.2. The van der Waals surface area contributed by atoms with Gasteiger partial charge >= 0.3 is 0 Å². The molecule has 0 spiro atoms. The van der Waals surface area contributed by atoms with Gasteiger partial charge in [0.2, 0.25) is 0 Å². The number of methoxy groups -OCH3 is 4. The minimum atomic E-state index is -0.583. The highest BCUT2D eigenvalue weighted by Gasteiger charge is 2.58. The number of carbonyl (C=O) groups is 2. The van der Waals surface area contributed by atoms with Gasteiger partial charge in [0.25, 0.3) is 0 Å². The monoisotopic (exact) mass is 656 g/mol. The molecule has 2 aromatic carbocycles. The smallest absolute Gasteiger partial charge is 0.197 e.